The number of nitrogens with zero attached hydrogens (tertiary/aromatic N) is 2. The van der Waals surface area contributed by atoms with Crippen LogP contribution in [0.4, 0.5) is 4.39 Å². The Hall–Kier alpha value is -2.15. The summed E-state index contributed by atoms with van der Waals surface area (Å²) in [4.78, 5) is 8.68. The van der Waals surface area contributed by atoms with Crippen LogP contribution < -0.4 is 15.4 Å². The molecule has 2 rings (SSSR count). The van der Waals surface area contributed by atoms with E-state index in [0.29, 0.717) is 12.3 Å². The SMILES string of the molecule is CN=C(NCCCCc1nc(C)cs1)NCC(C)Oc1cccc(F)c1. The average Bonchev–Trinajstić information content (AvgIpc) is 3.02. The molecule has 26 heavy (non-hydrogen) atoms. The van der Waals surface area contributed by atoms with Gasteiger partial charge < -0.3 is 15.4 Å². The first-order valence-corrected chi connectivity index (χ1v) is 9.72. The van der Waals surface area contributed by atoms with Crippen molar-refractivity contribution in [2.24, 2.45) is 4.99 Å². The van der Waals surface area contributed by atoms with Gasteiger partial charge in [0.25, 0.3) is 0 Å². The van der Waals surface area contributed by atoms with E-state index in [9.17, 15) is 4.39 Å². The molecule has 0 radical (unpaired) electrons. The predicted molar refractivity (Wildman–Crippen MR) is 106 cm³/mol. The first kappa shape index (κ1) is 20.2. The topological polar surface area (TPSA) is 58.5 Å². The molecule has 1 unspecified atom stereocenters. The Balaban J connectivity index is 1.61. The zero-order chi connectivity index (χ0) is 18.8. The van der Waals surface area contributed by atoms with Crippen molar-refractivity contribution in [3.05, 3.63) is 46.2 Å². The van der Waals surface area contributed by atoms with Crippen LogP contribution in [0.15, 0.2) is 34.6 Å². The molecule has 0 amide bonds. The third-order valence-electron chi connectivity index (χ3n) is 3.69. The number of unbranched alkanes of at least 4 members (excludes halogenated alkanes) is 1. The van der Waals surface area contributed by atoms with Crippen LogP contribution in [0.1, 0.15) is 30.5 Å². The van der Waals surface area contributed by atoms with E-state index in [4.69, 9.17) is 4.74 Å². The maximum Gasteiger partial charge on any atom is 0.191 e. The molecule has 1 aromatic carbocycles. The molecule has 0 aliphatic carbocycles. The van der Waals surface area contributed by atoms with Crippen LogP contribution >= 0.6 is 11.3 Å². The van der Waals surface area contributed by atoms with Gasteiger partial charge in [0.2, 0.25) is 0 Å². The van der Waals surface area contributed by atoms with Crippen molar-refractivity contribution in [2.45, 2.75) is 39.2 Å². The van der Waals surface area contributed by atoms with E-state index < -0.39 is 0 Å². The number of guanidine groups is 1. The molecule has 0 saturated heterocycles. The van der Waals surface area contributed by atoms with E-state index in [-0.39, 0.29) is 11.9 Å². The predicted octanol–water partition coefficient (Wildman–Crippen LogP) is 3.55. The second kappa shape index (κ2) is 10.8. The number of hydrogen-bond acceptors (Lipinski definition) is 4. The Labute approximate surface area is 158 Å². The molecule has 2 N–H and O–H groups in total. The molecule has 2 aromatic rings. The number of aliphatic imine (C=N–C) groups is 1. The number of rotatable bonds is 9. The lowest BCUT2D eigenvalue weighted by atomic mass is 10.2. The summed E-state index contributed by atoms with van der Waals surface area (Å²) in [5.41, 5.74) is 1.10. The molecular weight excluding hydrogens is 351 g/mol. The van der Waals surface area contributed by atoms with Gasteiger partial charge in [0, 0.05) is 30.7 Å². The molecule has 0 bridgehead atoms. The van der Waals surface area contributed by atoms with Gasteiger partial charge in [0.1, 0.15) is 17.7 Å². The smallest absolute Gasteiger partial charge is 0.191 e. The van der Waals surface area contributed by atoms with Crippen LogP contribution in [0.3, 0.4) is 0 Å². The highest BCUT2D eigenvalue weighted by Gasteiger charge is 2.06. The molecule has 0 aliphatic rings. The van der Waals surface area contributed by atoms with Gasteiger partial charge in [-0.3, -0.25) is 4.99 Å². The highest BCUT2D eigenvalue weighted by Crippen LogP contribution is 2.13. The van der Waals surface area contributed by atoms with E-state index in [2.05, 4.69) is 26.0 Å². The number of aryl methyl sites for hydroxylation is 2. The minimum Gasteiger partial charge on any atom is -0.489 e. The van der Waals surface area contributed by atoms with E-state index in [1.54, 1.807) is 30.5 Å². The van der Waals surface area contributed by atoms with Crippen LogP contribution in [0.25, 0.3) is 0 Å². The molecule has 1 aromatic heterocycles. The molecule has 5 nitrogen and oxygen atoms in total. The Morgan fingerprint density at radius 1 is 1.35 bits per heavy atom. The first-order valence-electron chi connectivity index (χ1n) is 8.84. The van der Waals surface area contributed by atoms with E-state index in [0.717, 1.165) is 37.5 Å². The highest BCUT2D eigenvalue weighted by molar-refractivity contribution is 7.09. The number of halogens is 1. The fraction of sp³-hybridized carbons (Fsp3) is 0.474. The molecule has 0 saturated carbocycles. The lowest BCUT2D eigenvalue weighted by Crippen LogP contribution is -2.42. The van der Waals surface area contributed by atoms with Crippen molar-refractivity contribution < 1.29 is 9.13 Å². The van der Waals surface area contributed by atoms with E-state index >= 15 is 0 Å². The van der Waals surface area contributed by atoms with Gasteiger partial charge in [-0.15, -0.1) is 11.3 Å². The highest BCUT2D eigenvalue weighted by atomic mass is 32.1. The second-order valence-corrected chi connectivity index (χ2v) is 7.05. The van der Waals surface area contributed by atoms with Gasteiger partial charge in [-0.05, 0) is 45.2 Å². The maximum atomic E-state index is 13.2. The lowest BCUT2D eigenvalue weighted by Gasteiger charge is -2.17. The summed E-state index contributed by atoms with van der Waals surface area (Å²) in [6.45, 7) is 5.38. The minimum atomic E-state index is -0.298. The van der Waals surface area contributed by atoms with Crippen molar-refractivity contribution in [1.82, 2.24) is 15.6 Å². The number of ether oxygens (including phenoxy) is 1. The van der Waals surface area contributed by atoms with E-state index in [1.165, 1.54) is 17.1 Å². The van der Waals surface area contributed by atoms with Crippen LogP contribution in [0, 0.1) is 12.7 Å². The van der Waals surface area contributed by atoms with Crippen LogP contribution in [-0.2, 0) is 6.42 Å². The number of aromatic nitrogens is 1. The largest absolute Gasteiger partial charge is 0.489 e. The van der Waals surface area contributed by atoms with Gasteiger partial charge >= 0.3 is 0 Å². The molecule has 142 valence electrons. The van der Waals surface area contributed by atoms with Crippen LogP contribution in [0.2, 0.25) is 0 Å². The summed E-state index contributed by atoms with van der Waals surface area (Å²) in [6, 6.07) is 6.17. The van der Waals surface area contributed by atoms with Crippen LogP contribution in [-0.4, -0.2) is 37.2 Å². The lowest BCUT2D eigenvalue weighted by molar-refractivity contribution is 0.223. The number of hydrogen-bond donors (Lipinski definition) is 2. The fourth-order valence-electron chi connectivity index (χ4n) is 2.40. The zero-order valence-electron chi connectivity index (χ0n) is 15.6. The van der Waals surface area contributed by atoms with Crippen molar-refractivity contribution in [1.29, 1.82) is 0 Å². The summed E-state index contributed by atoms with van der Waals surface area (Å²) in [5.74, 6) is 0.970. The summed E-state index contributed by atoms with van der Waals surface area (Å²) in [6.07, 6.45) is 3.05. The zero-order valence-corrected chi connectivity index (χ0v) is 16.4. The Morgan fingerprint density at radius 3 is 2.88 bits per heavy atom. The molecular formula is C19H27FN4OS. The van der Waals surface area contributed by atoms with Crippen molar-refractivity contribution >= 4 is 17.3 Å². The van der Waals surface area contributed by atoms with Gasteiger partial charge in [0.15, 0.2) is 5.96 Å². The minimum absolute atomic E-state index is 0.108. The van der Waals surface area contributed by atoms with Gasteiger partial charge in [0.05, 0.1) is 11.6 Å². The number of benzene rings is 1. The third-order valence-corrected chi connectivity index (χ3v) is 4.72. The average molecular weight is 379 g/mol. The molecule has 0 fully saturated rings. The fourth-order valence-corrected chi connectivity index (χ4v) is 3.22. The van der Waals surface area contributed by atoms with Crippen LogP contribution in [0.5, 0.6) is 5.75 Å². The summed E-state index contributed by atoms with van der Waals surface area (Å²) in [7, 11) is 1.74. The Kier molecular flexibility index (Phi) is 8.34. The third kappa shape index (κ3) is 7.39. The standard InChI is InChI=1S/C19H27FN4OS/c1-14-13-26-18(24-14)9-4-5-10-22-19(21-3)23-12-15(2)25-17-8-6-7-16(20)11-17/h6-8,11,13,15H,4-5,9-10,12H2,1-3H3,(H2,21,22,23). The van der Waals surface area contributed by atoms with Crippen molar-refractivity contribution in [3.63, 3.8) is 0 Å². The first-order chi connectivity index (χ1) is 12.6. The monoisotopic (exact) mass is 378 g/mol. The molecule has 1 atom stereocenters. The Morgan fingerprint density at radius 2 is 2.19 bits per heavy atom. The van der Waals surface area contributed by atoms with Gasteiger partial charge in [-0.2, -0.15) is 0 Å². The van der Waals surface area contributed by atoms with Crippen molar-refractivity contribution in [2.75, 3.05) is 20.1 Å². The summed E-state index contributed by atoms with van der Waals surface area (Å²) < 4.78 is 18.9. The van der Waals surface area contributed by atoms with Gasteiger partial charge in [-0.25, -0.2) is 9.37 Å². The molecule has 0 aliphatic heterocycles. The number of thiazole rings is 1. The molecule has 7 heteroatoms. The molecule has 0 spiro atoms. The van der Waals surface area contributed by atoms with E-state index in [1.807, 2.05) is 13.8 Å². The number of nitrogens with one attached hydrogen (secondary N) is 2. The Bertz CT molecular complexity index is 704. The summed E-state index contributed by atoms with van der Waals surface area (Å²) >= 11 is 1.73. The summed E-state index contributed by atoms with van der Waals surface area (Å²) in [5, 5.41) is 9.81. The quantitative estimate of drug-likeness (QED) is 0.398. The normalized spacial score (nSPS) is 12.7. The van der Waals surface area contributed by atoms with Crippen molar-refractivity contribution in [3.8, 4) is 5.75 Å². The second-order valence-electron chi connectivity index (χ2n) is 6.11. The van der Waals surface area contributed by atoms with Gasteiger partial charge in [-0.1, -0.05) is 6.07 Å². The maximum absolute atomic E-state index is 13.2. The molecule has 1 heterocycles.